The van der Waals surface area contributed by atoms with Gasteiger partial charge in [-0.1, -0.05) is 66.9 Å². The molecule has 5 nitrogen and oxygen atoms in total. The van der Waals surface area contributed by atoms with Crippen LogP contribution in [0.15, 0.2) is 77.7 Å². The fraction of sp³-hybridized carbons (Fsp3) is 0.208. The highest BCUT2D eigenvalue weighted by Crippen LogP contribution is 2.29. The van der Waals surface area contributed by atoms with Crippen LogP contribution in [0.4, 0.5) is 5.69 Å². The Bertz CT molecular complexity index is 1170. The lowest BCUT2D eigenvalue weighted by Gasteiger charge is -2.23. The molecule has 0 saturated heterocycles. The van der Waals surface area contributed by atoms with Gasteiger partial charge >= 0.3 is 0 Å². The third kappa shape index (κ3) is 5.82. The van der Waals surface area contributed by atoms with Gasteiger partial charge < -0.3 is 4.74 Å². The van der Waals surface area contributed by atoms with Crippen LogP contribution in [0.2, 0.25) is 10.0 Å². The summed E-state index contributed by atoms with van der Waals surface area (Å²) in [7, 11) is -4.16. The van der Waals surface area contributed by atoms with Crippen LogP contribution >= 0.6 is 23.2 Å². The number of ether oxygens (including phenoxy) is 1. The number of sulfonamides is 1. The zero-order valence-electron chi connectivity index (χ0n) is 17.5. The Hall–Kier alpha value is -2.54. The summed E-state index contributed by atoms with van der Waals surface area (Å²) in [6.45, 7) is 1.57. The van der Waals surface area contributed by atoms with Crippen LogP contribution in [0.5, 0.6) is 5.75 Å². The van der Waals surface area contributed by atoms with E-state index in [0.717, 1.165) is 29.1 Å². The van der Waals surface area contributed by atoms with Gasteiger partial charge in [-0.3, -0.25) is 4.79 Å². The topological polar surface area (TPSA) is 63.7 Å². The Morgan fingerprint density at radius 3 is 2.31 bits per heavy atom. The van der Waals surface area contributed by atoms with Crippen LogP contribution in [-0.4, -0.2) is 20.9 Å². The normalized spacial score (nSPS) is 11.2. The highest BCUT2D eigenvalue weighted by Gasteiger charge is 2.31. The predicted molar refractivity (Wildman–Crippen MR) is 128 cm³/mol. The number of halogens is 2. The first-order valence-electron chi connectivity index (χ1n) is 10.1. The lowest BCUT2D eigenvalue weighted by molar-refractivity contribution is -0.119. The smallest absolute Gasteiger partial charge is 0.278 e. The second-order valence-electron chi connectivity index (χ2n) is 7.11. The number of carbonyl (C=O) groups excluding carboxylic acids is 1. The van der Waals surface area contributed by atoms with E-state index in [1.54, 1.807) is 36.4 Å². The quantitative estimate of drug-likeness (QED) is 0.360. The molecule has 0 aliphatic rings. The van der Waals surface area contributed by atoms with E-state index in [-0.39, 0.29) is 21.4 Å². The Morgan fingerprint density at radius 2 is 1.66 bits per heavy atom. The first-order valence-corrected chi connectivity index (χ1v) is 12.3. The third-order valence-electron chi connectivity index (χ3n) is 4.74. The molecule has 0 fully saturated rings. The minimum absolute atomic E-state index is 0.00389. The molecule has 0 aliphatic carbocycles. The number of unbranched alkanes of at least 4 members (excludes halogenated alkanes) is 1. The average Bonchev–Trinajstić information content (AvgIpc) is 2.79. The van der Waals surface area contributed by atoms with Crippen molar-refractivity contribution in [3.05, 3.63) is 88.4 Å². The Labute approximate surface area is 198 Å². The molecule has 3 rings (SSSR count). The number of hydrogen-bond donors (Lipinski definition) is 0. The molecule has 0 aliphatic heterocycles. The van der Waals surface area contributed by atoms with Crippen molar-refractivity contribution >= 4 is 44.8 Å². The molecule has 0 unspecified atom stereocenters. The van der Waals surface area contributed by atoms with Crippen molar-refractivity contribution in [3.8, 4) is 5.75 Å². The Kier molecular flexibility index (Phi) is 8.18. The predicted octanol–water partition coefficient (Wildman–Crippen LogP) is 6.14. The summed E-state index contributed by atoms with van der Waals surface area (Å²) in [6, 6.07) is 19.3. The summed E-state index contributed by atoms with van der Waals surface area (Å²) >= 11 is 12.1. The fourth-order valence-electron chi connectivity index (χ4n) is 3.08. The zero-order chi connectivity index (χ0) is 23.1. The molecule has 0 radical (unpaired) electrons. The molecular formula is C24H23Cl2NO4S. The molecule has 0 N–H and O–H groups in total. The van der Waals surface area contributed by atoms with Gasteiger partial charge in [0.2, 0.25) is 0 Å². The minimum Gasteiger partial charge on any atom is -0.482 e. The van der Waals surface area contributed by atoms with Crippen molar-refractivity contribution in [2.24, 2.45) is 0 Å². The van der Waals surface area contributed by atoms with Crippen molar-refractivity contribution < 1.29 is 17.9 Å². The zero-order valence-corrected chi connectivity index (χ0v) is 19.8. The standard InChI is InChI=1S/C24H23Cl2NO4S/c1-2-3-7-18-10-13-20(14-11-18)27(32(29,30)21-8-5-4-6-9-21)24(28)17-31-23-16-19(25)12-15-22(23)26/h4-6,8-16H,2-3,7,17H2,1H3. The first-order chi connectivity index (χ1) is 15.3. The average molecular weight is 492 g/mol. The number of amides is 1. The maximum Gasteiger partial charge on any atom is 0.278 e. The number of anilines is 1. The second kappa shape index (κ2) is 10.9. The fourth-order valence-corrected chi connectivity index (χ4v) is 4.85. The molecule has 32 heavy (non-hydrogen) atoms. The van der Waals surface area contributed by atoms with Gasteiger partial charge in [-0.15, -0.1) is 0 Å². The number of hydrogen-bond acceptors (Lipinski definition) is 4. The van der Waals surface area contributed by atoms with Gasteiger partial charge in [0.05, 0.1) is 15.6 Å². The SMILES string of the molecule is CCCCc1ccc(N(C(=O)COc2cc(Cl)ccc2Cl)S(=O)(=O)c2ccccc2)cc1. The highest BCUT2D eigenvalue weighted by atomic mass is 35.5. The lowest BCUT2D eigenvalue weighted by atomic mass is 10.1. The van der Waals surface area contributed by atoms with Crippen molar-refractivity contribution in [3.63, 3.8) is 0 Å². The summed E-state index contributed by atoms with van der Waals surface area (Å²) < 4.78 is 33.0. The summed E-state index contributed by atoms with van der Waals surface area (Å²) in [4.78, 5) is 13.1. The van der Waals surface area contributed by atoms with Crippen LogP contribution in [0, 0.1) is 0 Å². The van der Waals surface area contributed by atoms with E-state index in [1.807, 2.05) is 12.1 Å². The second-order valence-corrected chi connectivity index (χ2v) is 9.74. The van der Waals surface area contributed by atoms with Crippen LogP contribution in [0.3, 0.4) is 0 Å². The van der Waals surface area contributed by atoms with Crippen molar-refractivity contribution in [1.29, 1.82) is 0 Å². The largest absolute Gasteiger partial charge is 0.482 e. The molecule has 3 aromatic rings. The van der Waals surface area contributed by atoms with Crippen LogP contribution in [-0.2, 0) is 21.2 Å². The molecule has 0 saturated carbocycles. The van der Waals surface area contributed by atoms with Crippen LogP contribution in [0.25, 0.3) is 0 Å². The van der Waals surface area contributed by atoms with Crippen molar-refractivity contribution in [2.45, 2.75) is 31.1 Å². The van der Waals surface area contributed by atoms with Gasteiger partial charge in [-0.25, -0.2) is 8.42 Å². The van der Waals surface area contributed by atoms with Gasteiger partial charge in [-0.2, -0.15) is 4.31 Å². The molecule has 8 heteroatoms. The number of nitrogens with zero attached hydrogens (tertiary/aromatic N) is 1. The number of carbonyl (C=O) groups is 1. The van der Waals surface area contributed by atoms with Gasteiger partial charge in [0.25, 0.3) is 15.9 Å². The summed E-state index contributed by atoms with van der Waals surface area (Å²) in [6.07, 6.45) is 2.96. The highest BCUT2D eigenvalue weighted by molar-refractivity contribution is 7.93. The van der Waals surface area contributed by atoms with Crippen LogP contribution < -0.4 is 9.04 Å². The first kappa shape index (κ1) is 24.1. The van der Waals surface area contributed by atoms with Gasteiger partial charge in [0.15, 0.2) is 6.61 Å². The van der Waals surface area contributed by atoms with E-state index in [9.17, 15) is 13.2 Å². The molecule has 168 valence electrons. The monoisotopic (exact) mass is 491 g/mol. The van der Waals surface area contributed by atoms with Gasteiger partial charge in [0.1, 0.15) is 5.75 Å². The maximum atomic E-state index is 13.4. The number of rotatable bonds is 9. The third-order valence-corrected chi connectivity index (χ3v) is 7.05. The van der Waals surface area contributed by atoms with Gasteiger partial charge in [-0.05, 0) is 54.8 Å². The van der Waals surface area contributed by atoms with E-state index in [2.05, 4.69) is 6.92 Å². The molecule has 0 atom stereocenters. The number of aryl methyl sites for hydroxylation is 1. The molecular weight excluding hydrogens is 469 g/mol. The molecule has 1 amide bonds. The van der Waals surface area contributed by atoms with Crippen molar-refractivity contribution in [2.75, 3.05) is 10.9 Å². The molecule has 0 aromatic heterocycles. The summed E-state index contributed by atoms with van der Waals surface area (Å²) in [5.41, 5.74) is 1.31. The number of benzene rings is 3. The molecule has 0 heterocycles. The van der Waals surface area contributed by atoms with Crippen LogP contribution in [0.1, 0.15) is 25.3 Å². The summed E-state index contributed by atoms with van der Waals surface area (Å²) in [5, 5.41) is 0.647. The van der Waals surface area contributed by atoms with E-state index in [0.29, 0.717) is 5.02 Å². The molecule has 0 bridgehead atoms. The summed E-state index contributed by atoms with van der Waals surface area (Å²) in [5.74, 6) is -0.564. The minimum atomic E-state index is -4.16. The van der Waals surface area contributed by atoms with E-state index in [4.69, 9.17) is 27.9 Å². The van der Waals surface area contributed by atoms with E-state index in [1.165, 1.54) is 24.3 Å². The Morgan fingerprint density at radius 1 is 0.969 bits per heavy atom. The Balaban J connectivity index is 1.93. The van der Waals surface area contributed by atoms with Crippen molar-refractivity contribution in [1.82, 2.24) is 0 Å². The lowest BCUT2D eigenvalue weighted by Crippen LogP contribution is -2.40. The van der Waals surface area contributed by atoms with E-state index < -0.39 is 22.5 Å². The maximum absolute atomic E-state index is 13.4. The molecule has 3 aromatic carbocycles. The van der Waals surface area contributed by atoms with Gasteiger partial charge in [0, 0.05) is 11.1 Å². The van der Waals surface area contributed by atoms with E-state index >= 15 is 0 Å². The molecule has 0 spiro atoms.